The number of nitrogens with zero attached hydrogens (tertiary/aromatic N) is 3. The van der Waals surface area contributed by atoms with Gasteiger partial charge in [-0.25, -0.2) is 13.9 Å². The van der Waals surface area contributed by atoms with Crippen molar-refractivity contribution < 1.29 is 13.9 Å². The molecule has 0 N–H and O–H groups in total. The smallest absolute Gasteiger partial charge is 0.385 e. The van der Waals surface area contributed by atoms with Gasteiger partial charge in [-0.1, -0.05) is 12.5 Å². The zero-order chi connectivity index (χ0) is 18.8. The average molecular weight is 381 g/mol. The van der Waals surface area contributed by atoms with E-state index in [2.05, 4.69) is 18.1 Å². The van der Waals surface area contributed by atoms with Gasteiger partial charge in [-0.2, -0.15) is 5.10 Å². The van der Waals surface area contributed by atoms with Crippen molar-refractivity contribution >= 4 is 28.7 Å². The molecule has 1 amide bonds. The number of carbonyl (C=O) groups is 1. The Labute approximate surface area is 165 Å². The van der Waals surface area contributed by atoms with Crippen molar-refractivity contribution in [2.75, 3.05) is 6.54 Å². The van der Waals surface area contributed by atoms with Crippen molar-refractivity contribution in [3.05, 3.63) is 53.1 Å². The van der Waals surface area contributed by atoms with Crippen molar-refractivity contribution in [2.45, 2.75) is 38.2 Å². The zero-order valence-electron chi connectivity index (χ0n) is 15.5. The van der Waals surface area contributed by atoms with Crippen molar-refractivity contribution in [1.82, 2.24) is 13.7 Å². The molecule has 2 fully saturated rings. The van der Waals surface area contributed by atoms with Gasteiger partial charge in [0.25, 0.3) is 0 Å². The SMILES string of the molecule is C[C@]12Cc3cnn(-c4ccc(F)cc4)c3C=C1CCC[C@@]21C[N]([AlH2])C(=O)O1. The molecule has 1 aliphatic heterocycles. The summed E-state index contributed by atoms with van der Waals surface area (Å²) in [5.41, 5.74) is 3.74. The third-order valence-electron chi connectivity index (χ3n) is 6.64. The van der Waals surface area contributed by atoms with Gasteiger partial charge in [0.1, 0.15) is 11.4 Å². The van der Waals surface area contributed by atoms with Crippen LogP contribution in [0.1, 0.15) is 37.4 Å². The van der Waals surface area contributed by atoms with Crippen LogP contribution in [0.3, 0.4) is 0 Å². The molecule has 1 aromatic heterocycles. The second-order valence-corrected chi connectivity index (χ2v) is 9.27. The molecule has 2 aromatic rings. The lowest BCUT2D eigenvalue weighted by Gasteiger charge is -2.51. The Morgan fingerprint density at radius 1 is 1.30 bits per heavy atom. The van der Waals surface area contributed by atoms with Crippen molar-refractivity contribution in [2.24, 2.45) is 5.41 Å². The highest BCUT2D eigenvalue weighted by molar-refractivity contribution is 6.13. The summed E-state index contributed by atoms with van der Waals surface area (Å²) in [5.74, 6) is -0.254. The Morgan fingerprint density at radius 2 is 2.07 bits per heavy atom. The molecule has 1 saturated heterocycles. The number of rotatable bonds is 1. The lowest BCUT2D eigenvalue weighted by atomic mass is 9.57. The van der Waals surface area contributed by atoms with Gasteiger partial charge in [0.05, 0.1) is 17.6 Å². The van der Waals surface area contributed by atoms with E-state index in [4.69, 9.17) is 4.74 Å². The Kier molecular flexibility index (Phi) is 3.60. The molecular formula is C20H21AlFN3O2. The summed E-state index contributed by atoms with van der Waals surface area (Å²) in [4.78, 5) is 12.2. The number of carbonyl (C=O) groups excluding carboxylic acids is 1. The van der Waals surface area contributed by atoms with Crippen LogP contribution in [0.5, 0.6) is 0 Å². The summed E-state index contributed by atoms with van der Waals surface area (Å²) in [6.45, 7) is 2.93. The topological polar surface area (TPSA) is 47.4 Å². The summed E-state index contributed by atoms with van der Waals surface area (Å²) < 4.78 is 23.0. The molecule has 1 aromatic carbocycles. The van der Waals surface area contributed by atoms with Crippen LogP contribution in [0.4, 0.5) is 9.18 Å². The molecule has 1 spiro atoms. The monoisotopic (exact) mass is 381 g/mol. The first kappa shape index (κ1) is 17.0. The van der Waals surface area contributed by atoms with Gasteiger partial charge >= 0.3 is 22.6 Å². The molecule has 1 saturated carbocycles. The summed E-state index contributed by atoms with van der Waals surface area (Å²) >= 11 is 0.683. The Morgan fingerprint density at radius 3 is 2.78 bits per heavy atom. The number of hydrogen-bond acceptors (Lipinski definition) is 3. The van der Waals surface area contributed by atoms with Crippen LogP contribution in [0, 0.1) is 11.2 Å². The molecule has 5 nitrogen and oxygen atoms in total. The number of ether oxygens (including phenoxy) is 1. The fourth-order valence-corrected chi connectivity index (χ4v) is 5.67. The summed E-state index contributed by atoms with van der Waals surface area (Å²) in [7, 11) is 0. The number of fused-ring (bicyclic) bond motifs is 3. The number of aromatic nitrogens is 2. The minimum absolute atomic E-state index is 0.169. The average Bonchev–Trinajstić information content (AvgIpc) is 3.16. The maximum Gasteiger partial charge on any atom is 0.385 e. The lowest BCUT2D eigenvalue weighted by Crippen LogP contribution is -2.54. The minimum atomic E-state index is -0.439. The Hall–Kier alpha value is -2.10. The molecule has 5 rings (SSSR count). The van der Waals surface area contributed by atoms with Crippen LogP contribution in [0.15, 0.2) is 36.0 Å². The maximum atomic E-state index is 13.3. The lowest BCUT2D eigenvalue weighted by molar-refractivity contribution is -0.0520. The number of halogens is 1. The van der Waals surface area contributed by atoms with Gasteiger partial charge in [0, 0.05) is 12.0 Å². The van der Waals surface area contributed by atoms with E-state index < -0.39 is 5.60 Å². The van der Waals surface area contributed by atoms with Crippen LogP contribution < -0.4 is 0 Å². The molecule has 2 atom stereocenters. The van der Waals surface area contributed by atoms with Gasteiger partial charge in [-0.15, -0.1) is 0 Å². The molecule has 2 aliphatic carbocycles. The molecule has 2 heterocycles. The van der Waals surface area contributed by atoms with E-state index in [1.54, 1.807) is 12.1 Å². The quantitative estimate of drug-likeness (QED) is 0.714. The zero-order valence-corrected chi connectivity index (χ0v) is 17.5. The van der Waals surface area contributed by atoms with E-state index in [9.17, 15) is 9.18 Å². The minimum Gasteiger partial charge on any atom is -0.442 e. The van der Waals surface area contributed by atoms with Gasteiger partial charge in [-0.3, -0.25) is 0 Å². The van der Waals surface area contributed by atoms with Crippen molar-refractivity contribution in [3.8, 4) is 5.69 Å². The van der Waals surface area contributed by atoms with E-state index in [0.29, 0.717) is 23.1 Å². The summed E-state index contributed by atoms with van der Waals surface area (Å²) in [5, 5.41) is 4.57. The van der Waals surface area contributed by atoms with Gasteiger partial charge in [0.15, 0.2) is 0 Å². The van der Waals surface area contributed by atoms with Gasteiger partial charge < -0.3 is 8.62 Å². The Balaban J connectivity index is 1.59. The second kappa shape index (κ2) is 5.70. The highest BCUT2D eigenvalue weighted by Crippen LogP contribution is 2.56. The largest absolute Gasteiger partial charge is 0.442 e. The third kappa shape index (κ3) is 2.35. The van der Waals surface area contributed by atoms with E-state index in [1.807, 2.05) is 14.8 Å². The highest BCUT2D eigenvalue weighted by Gasteiger charge is 2.59. The van der Waals surface area contributed by atoms with E-state index in [1.165, 1.54) is 17.7 Å². The molecule has 7 heteroatoms. The van der Waals surface area contributed by atoms with E-state index >= 15 is 0 Å². The normalized spacial score (nSPS) is 29.3. The van der Waals surface area contributed by atoms with Crippen molar-refractivity contribution in [1.29, 1.82) is 0 Å². The first-order valence-electron chi connectivity index (χ1n) is 9.40. The van der Waals surface area contributed by atoms with Crippen LogP contribution in [-0.4, -0.2) is 48.4 Å². The van der Waals surface area contributed by atoms with Crippen LogP contribution >= 0.6 is 0 Å². The molecule has 0 bridgehead atoms. The fraction of sp³-hybridized carbons (Fsp3) is 0.400. The van der Waals surface area contributed by atoms with Gasteiger partial charge in [-0.05, 0) is 61.6 Å². The molecule has 0 unspecified atom stereocenters. The summed E-state index contributed by atoms with van der Waals surface area (Å²) in [6.07, 6.45) is 7.69. The van der Waals surface area contributed by atoms with Gasteiger partial charge in [0.2, 0.25) is 0 Å². The Bertz CT molecular complexity index is 970. The number of hydrogen-bond donors (Lipinski definition) is 0. The van der Waals surface area contributed by atoms with E-state index in [0.717, 1.165) is 42.6 Å². The predicted molar refractivity (Wildman–Crippen MR) is 102 cm³/mol. The van der Waals surface area contributed by atoms with Crippen LogP contribution in [0.2, 0.25) is 0 Å². The van der Waals surface area contributed by atoms with Crippen molar-refractivity contribution in [3.63, 3.8) is 0 Å². The molecule has 27 heavy (non-hydrogen) atoms. The first-order chi connectivity index (χ1) is 12.9. The maximum absolute atomic E-state index is 13.3. The molecule has 3 aliphatic rings. The number of benzene rings is 1. The molecular weight excluding hydrogens is 360 g/mol. The molecule has 0 radical (unpaired) electrons. The summed E-state index contributed by atoms with van der Waals surface area (Å²) in [6, 6.07) is 6.40. The molecule has 138 valence electrons. The third-order valence-corrected chi connectivity index (χ3v) is 7.32. The first-order valence-corrected chi connectivity index (χ1v) is 10.3. The second-order valence-electron chi connectivity index (χ2n) is 8.19. The fourth-order valence-electron chi connectivity index (χ4n) is 5.07. The predicted octanol–water partition coefficient (Wildman–Crippen LogP) is 2.88. The van der Waals surface area contributed by atoms with Crippen LogP contribution in [0.25, 0.3) is 11.8 Å². The highest BCUT2D eigenvalue weighted by atomic mass is 27.1. The standard InChI is InChI=1S/C20H20FN3O2.Al.2H/c1-19-10-13-11-23-24(16-6-4-15(21)5-7-16)17(13)9-14(19)3-2-8-20(19)12-22-18(25)26-20;;;/h4-7,9,11H,2-3,8,10,12H2,1H3,(H,22,25);;;/q;+1;;/p-1/t19-,20+;;;/m0.../s1. The number of amides is 1. The van der Waals surface area contributed by atoms with E-state index in [-0.39, 0.29) is 17.3 Å². The van der Waals surface area contributed by atoms with Crippen LogP contribution in [-0.2, 0) is 11.2 Å².